The highest BCUT2D eigenvalue weighted by atomic mass is 35.5. The first-order chi connectivity index (χ1) is 14.0. The Morgan fingerprint density at radius 3 is 2.83 bits per heavy atom. The van der Waals surface area contributed by atoms with Gasteiger partial charge in [0.2, 0.25) is 5.91 Å². The fourth-order valence-electron chi connectivity index (χ4n) is 3.52. The Hall–Kier alpha value is -1.83. The van der Waals surface area contributed by atoms with Gasteiger partial charge in [-0.1, -0.05) is 30.7 Å². The van der Waals surface area contributed by atoms with E-state index in [-0.39, 0.29) is 30.6 Å². The normalized spacial score (nSPS) is 17.6. The summed E-state index contributed by atoms with van der Waals surface area (Å²) >= 11 is 6.19. The fraction of sp³-hybridized carbons (Fsp3) is 0.619. The van der Waals surface area contributed by atoms with Gasteiger partial charge in [0, 0.05) is 43.7 Å². The molecule has 3 amide bonds. The van der Waals surface area contributed by atoms with Crippen LogP contribution in [0.1, 0.15) is 37.9 Å². The molecule has 1 aromatic rings. The largest absolute Gasteiger partial charge is 0.363 e. The average molecular weight is 425 g/mol. The maximum Gasteiger partial charge on any atom is 0.317 e. The van der Waals surface area contributed by atoms with Crippen LogP contribution in [0.25, 0.3) is 0 Å². The predicted octanol–water partition coefficient (Wildman–Crippen LogP) is 2.56. The quantitative estimate of drug-likeness (QED) is 0.504. The summed E-state index contributed by atoms with van der Waals surface area (Å²) < 4.78 is 6.07. The number of likely N-dealkylation sites (tertiary alicyclic amines) is 1. The fourth-order valence-corrected chi connectivity index (χ4v) is 3.72. The number of benzene rings is 1. The number of hydrogen-bond acceptors (Lipinski definition) is 4. The monoisotopic (exact) mass is 424 g/mol. The molecule has 0 saturated carbocycles. The number of halogens is 1. The molecule has 3 N–H and O–H groups in total. The van der Waals surface area contributed by atoms with Crippen molar-refractivity contribution in [1.29, 1.82) is 0 Å². The first-order valence-electron chi connectivity index (χ1n) is 10.4. The Bertz CT molecular complexity index is 659. The molecule has 7 nitrogen and oxygen atoms in total. The van der Waals surface area contributed by atoms with Crippen molar-refractivity contribution in [2.24, 2.45) is 5.92 Å². The number of carbonyl (C=O) groups excluding carboxylic acids is 2. The Labute approximate surface area is 178 Å². The van der Waals surface area contributed by atoms with Gasteiger partial charge >= 0.3 is 6.03 Å². The van der Waals surface area contributed by atoms with Gasteiger partial charge in [-0.3, -0.25) is 4.79 Å². The second-order valence-corrected chi connectivity index (χ2v) is 7.76. The van der Waals surface area contributed by atoms with Crippen LogP contribution in [0.15, 0.2) is 24.3 Å². The minimum Gasteiger partial charge on any atom is -0.363 e. The molecule has 8 heteroatoms. The van der Waals surface area contributed by atoms with E-state index >= 15 is 0 Å². The summed E-state index contributed by atoms with van der Waals surface area (Å²) in [4.78, 5) is 26.4. The van der Waals surface area contributed by atoms with Crippen LogP contribution in [-0.4, -0.2) is 63.2 Å². The molecule has 1 aliphatic heterocycles. The molecule has 29 heavy (non-hydrogen) atoms. The molecule has 2 atom stereocenters. The van der Waals surface area contributed by atoms with E-state index in [0.29, 0.717) is 24.7 Å². The van der Waals surface area contributed by atoms with Crippen LogP contribution in [0.5, 0.6) is 0 Å². The van der Waals surface area contributed by atoms with Gasteiger partial charge in [-0.2, -0.15) is 0 Å². The number of nitrogens with one attached hydrogen (secondary N) is 3. The Morgan fingerprint density at radius 1 is 1.28 bits per heavy atom. The number of piperidine rings is 1. The van der Waals surface area contributed by atoms with E-state index < -0.39 is 0 Å². The first kappa shape index (κ1) is 23.4. The van der Waals surface area contributed by atoms with E-state index in [1.54, 1.807) is 0 Å². The molecule has 1 saturated heterocycles. The molecular weight excluding hydrogens is 392 g/mol. The Kier molecular flexibility index (Phi) is 10.2. The van der Waals surface area contributed by atoms with Crippen molar-refractivity contribution in [3.8, 4) is 0 Å². The summed E-state index contributed by atoms with van der Waals surface area (Å²) in [5.41, 5.74) is 0.934. The van der Waals surface area contributed by atoms with Gasteiger partial charge in [-0.05, 0) is 44.0 Å². The van der Waals surface area contributed by atoms with Crippen LogP contribution in [0.3, 0.4) is 0 Å². The second-order valence-electron chi connectivity index (χ2n) is 7.32. The molecule has 2 unspecified atom stereocenters. The van der Waals surface area contributed by atoms with E-state index in [9.17, 15) is 9.59 Å². The molecule has 0 bridgehead atoms. The summed E-state index contributed by atoms with van der Waals surface area (Å²) in [5.74, 6) is -0.0346. The summed E-state index contributed by atoms with van der Waals surface area (Å²) in [6.45, 7) is 5.25. The molecule has 0 aliphatic carbocycles. The zero-order valence-electron chi connectivity index (χ0n) is 17.4. The van der Waals surface area contributed by atoms with Gasteiger partial charge in [0.1, 0.15) is 6.61 Å². The van der Waals surface area contributed by atoms with Crippen molar-refractivity contribution in [2.45, 2.75) is 32.3 Å². The van der Waals surface area contributed by atoms with E-state index in [4.69, 9.17) is 16.3 Å². The molecule has 1 aliphatic rings. The molecule has 0 radical (unpaired) electrons. The van der Waals surface area contributed by atoms with Gasteiger partial charge in [0.25, 0.3) is 0 Å². The van der Waals surface area contributed by atoms with Gasteiger partial charge in [0.15, 0.2) is 0 Å². The molecule has 1 fully saturated rings. The number of hydrogen-bond donors (Lipinski definition) is 3. The number of urea groups is 1. The average Bonchev–Trinajstić information content (AvgIpc) is 2.73. The van der Waals surface area contributed by atoms with Crippen LogP contribution in [0, 0.1) is 5.92 Å². The topological polar surface area (TPSA) is 82.7 Å². The van der Waals surface area contributed by atoms with Crippen molar-refractivity contribution in [3.63, 3.8) is 0 Å². The zero-order chi connectivity index (χ0) is 21.1. The third-order valence-corrected chi connectivity index (χ3v) is 5.20. The van der Waals surface area contributed by atoms with E-state index in [1.807, 2.05) is 43.1 Å². The lowest BCUT2D eigenvalue weighted by molar-refractivity contribution is -0.129. The summed E-state index contributed by atoms with van der Waals surface area (Å²) in [6.07, 6.45) is 2.40. The van der Waals surface area contributed by atoms with Gasteiger partial charge in [0.05, 0.1) is 6.10 Å². The maximum atomic E-state index is 12.5. The standard InChI is InChI=1S/C21H33ClN4O3/c1-3-9-24-19(27)15-29-20(16-6-4-8-18(22)13-16)17-7-5-12-26(14-17)21(28)25-11-10-23-2/h4,6,8,13,17,20,23H,3,5,7,9-12,14-15H2,1-2H3,(H,24,27)(H,25,28). The third-order valence-electron chi connectivity index (χ3n) is 4.97. The summed E-state index contributed by atoms with van der Waals surface area (Å²) in [6, 6.07) is 7.49. The van der Waals surface area contributed by atoms with Crippen LogP contribution < -0.4 is 16.0 Å². The SMILES string of the molecule is CCCNC(=O)COC(c1cccc(Cl)c1)C1CCCN(C(=O)NCCNC)C1. The number of likely N-dealkylation sites (N-methyl/N-ethyl adjacent to an activating group) is 1. The number of ether oxygens (including phenoxy) is 1. The van der Waals surface area contributed by atoms with Crippen LogP contribution >= 0.6 is 11.6 Å². The van der Waals surface area contributed by atoms with Crippen LogP contribution in [0.2, 0.25) is 5.02 Å². The number of nitrogens with zero attached hydrogens (tertiary/aromatic N) is 1. The van der Waals surface area contributed by atoms with Gasteiger partial charge in [-0.15, -0.1) is 0 Å². The van der Waals surface area contributed by atoms with Gasteiger partial charge in [-0.25, -0.2) is 4.79 Å². The Balaban J connectivity index is 2.06. The van der Waals surface area contributed by atoms with E-state index in [2.05, 4.69) is 16.0 Å². The molecular formula is C21H33ClN4O3. The van der Waals surface area contributed by atoms with Crippen molar-refractivity contribution in [2.75, 3.05) is 46.4 Å². The lowest BCUT2D eigenvalue weighted by Crippen LogP contribution is -2.48. The third kappa shape index (κ3) is 7.84. The molecule has 1 aromatic carbocycles. The first-order valence-corrected chi connectivity index (χ1v) is 10.7. The molecule has 1 heterocycles. The summed E-state index contributed by atoms with van der Waals surface area (Å²) in [5, 5.41) is 9.42. The highest BCUT2D eigenvalue weighted by molar-refractivity contribution is 6.30. The number of carbonyl (C=O) groups is 2. The zero-order valence-corrected chi connectivity index (χ0v) is 18.1. The Morgan fingerprint density at radius 2 is 2.10 bits per heavy atom. The molecule has 0 spiro atoms. The number of amides is 3. The van der Waals surface area contributed by atoms with E-state index in [0.717, 1.165) is 37.9 Å². The predicted molar refractivity (Wildman–Crippen MR) is 115 cm³/mol. The highest BCUT2D eigenvalue weighted by Gasteiger charge is 2.31. The highest BCUT2D eigenvalue weighted by Crippen LogP contribution is 2.34. The minimum absolute atomic E-state index is 0.0119. The number of rotatable bonds is 10. The molecule has 162 valence electrons. The van der Waals surface area contributed by atoms with Crippen molar-refractivity contribution in [3.05, 3.63) is 34.9 Å². The lowest BCUT2D eigenvalue weighted by Gasteiger charge is -2.37. The smallest absolute Gasteiger partial charge is 0.317 e. The molecule has 0 aromatic heterocycles. The van der Waals surface area contributed by atoms with Crippen LogP contribution in [0.4, 0.5) is 4.79 Å². The minimum atomic E-state index is -0.297. The van der Waals surface area contributed by atoms with Crippen LogP contribution in [-0.2, 0) is 9.53 Å². The van der Waals surface area contributed by atoms with Crippen molar-refractivity contribution < 1.29 is 14.3 Å². The second kappa shape index (κ2) is 12.7. The van der Waals surface area contributed by atoms with Gasteiger partial charge < -0.3 is 25.6 Å². The van der Waals surface area contributed by atoms with E-state index in [1.165, 1.54) is 0 Å². The van der Waals surface area contributed by atoms with Crippen molar-refractivity contribution in [1.82, 2.24) is 20.9 Å². The molecule has 2 rings (SSSR count). The summed E-state index contributed by atoms with van der Waals surface area (Å²) in [7, 11) is 1.85. The maximum absolute atomic E-state index is 12.5. The van der Waals surface area contributed by atoms with Crippen molar-refractivity contribution >= 4 is 23.5 Å². The lowest BCUT2D eigenvalue weighted by atomic mass is 9.88.